The maximum Gasteiger partial charge on any atom is 0.229 e. The molecule has 1 aromatic carbocycles. The van der Waals surface area contributed by atoms with Gasteiger partial charge in [-0.05, 0) is 44.1 Å². The molecule has 2 aliphatic rings. The molecule has 1 aliphatic heterocycles. The quantitative estimate of drug-likeness (QED) is 0.596. The highest BCUT2D eigenvalue weighted by Crippen LogP contribution is 2.35. The van der Waals surface area contributed by atoms with Gasteiger partial charge < -0.3 is 14.3 Å². The van der Waals surface area contributed by atoms with Crippen molar-refractivity contribution in [2.24, 2.45) is 0 Å². The van der Waals surface area contributed by atoms with Crippen LogP contribution in [0.3, 0.4) is 0 Å². The molecule has 0 radical (unpaired) electrons. The first-order chi connectivity index (χ1) is 15.6. The van der Waals surface area contributed by atoms with E-state index in [2.05, 4.69) is 22.3 Å². The van der Waals surface area contributed by atoms with Crippen LogP contribution in [-0.4, -0.2) is 57.4 Å². The van der Waals surface area contributed by atoms with Crippen molar-refractivity contribution < 1.29 is 14.1 Å². The first-order valence-electron chi connectivity index (χ1n) is 12.0. The molecule has 2 amide bonds. The number of piperidine rings is 1. The first kappa shape index (κ1) is 22.5. The number of aryl methyl sites for hydroxylation is 1. The van der Waals surface area contributed by atoms with E-state index in [-0.39, 0.29) is 17.9 Å². The van der Waals surface area contributed by atoms with Crippen molar-refractivity contribution in [2.75, 3.05) is 19.6 Å². The van der Waals surface area contributed by atoms with E-state index in [4.69, 9.17) is 4.52 Å². The van der Waals surface area contributed by atoms with Crippen molar-refractivity contribution in [2.45, 2.75) is 76.7 Å². The molecule has 7 heteroatoms. The van der Waals surface area contributed by atoms with Crippen LogP contribution >= 0.6 is 0 Å². The molecule has 0 bridgehead atoms. The van der Waals surface area contributed by atoms with Gasteiger partial charge in [-0.3, -0.25) is 9.59 Å². The van der Waals surface area contributed by atoms with Gasteiger partial charge in [0.25, 0.3) is 0 Å². The second-order valence-corrected chi connectivity index (χ2v) is 9.11. The zero-order valence-electron chi connectivity index (χ0n) is 19.0. The summed E-state index contributed by atoms with van der Waals surface area (Å²) in [6, 6.07) is 10.3. The molecule has 1 saturated carbocycles. The number of rotatable bonds is 9. The molecule has 1 aliphatic carbocycles. The second kappa shape index (κ2) is 10.7. The molecule has 2 heterocycles. The van der Waals surface area contributed by atoms with E-state index in [0.29, 0.717) is 37.7 Å². The summed E-state index contributed by atoms with van der Waals surface area (Å²) < 4.78 is 5.41. The maximum atomic E-state index is 12.8. The van der Waals surface area contributed by atoms with Crippen LogP contribution in [0.5, 0.6) is 0 Å². The van der Waals surface area contributed by atoms with Crippen molar-refractivity contribution in [1.82, 2.24) is 19.9 Å². The van der Waals surface area contributed by atoms with Crippen LogP contribution in [0.15, 0.2) is 34.9 Å². The number of aromatic nitrogens is 2. The van der Waals surface area contributed by atoms with Gasteiger partial charge in [0.2, 0.25) is 17.7 Å². The van der Waals surface area contributed by atoms with Gasteiger partial charge in [-0.15, -0.1) is 0 Å². The van der Waals surface area contributed by atoms with Crippen LogP contribution < -0.4 is 0 Å². The Balaban J connectivity index is 1.27. The van der Waals surface area contributed by atoms with Crippen LogP contribution in [0.2, 0.25) is 0 Å². The molecule has 2 aromatic rings. The standard InChI is InChI=1S/C25H34N4O3/c1-19(30)29(17-15-23-26-25(32-27-23)21-11-6-12-21)22-13-7-16-28(18-22)24(31)14-5-10-20-8-3-2-4-9-20/h2-4,8-9,21-22H,5-7,10-18H2,1H3. The van der Waals surface area contributed by atoms with E-state index in [1.165, 1.54) is 12.0 Å². The predicted octanol–water partition coefficient (Wildman–Crippen LogP) is 3.74. The van der Waals surface area contributed by atoms with Gasteiger partial charge in [-0.25, -0.2) is 0 Å². The van der Waals surface area contributed by atoms with Gasteiger partial charge in [0.15, 0.2) is 5.82 Å². The van der Waals surface area contributed by atoms with E-state index in [1.807, 2.05) is 28.0 Å². The SMILES string of the molecule is CC(=O)N(CCc1noc(C2CCC2)n1)C1CCCN(C(=O)CCCc2ccccc2)C1. The highest BCUT2D eigenvalue weighted by molar-refractivity contribution is 5.77. The number of hydrogen-bond acceptors (Lipinski definition) is 5. The molecule has 7 nitrogen and oxygen atoms in total. The van der Waals surface area contributed by atoms with Gasteiger partial charge in [-0.1, -0.05) is 41.9 Å². The smallest absolute Gasteiger partial charge is 0.229 e. The molecule has 0 N–H and O–H groups in total. The van der Waals surface area contributed by atoms with Crippen molar-refractivity contribution in [3.8, 4) is 0 Å². The summed E-state index contributed by atoms with van der Waals surface area (Å²) in [5, 5.41) is 4.11. The summed E-state index contributed by atoms with van der Waals surface area (Å²) in [4.78, 5) is 33.6. The third-order valence-electron chi connectivity index (χ3n) is 6.81. The van der Waals surface area contributed by atoms with Gasteiger partial charge >= 0.3 is 0 Å². The predicted molar refractivity (Wildman–Crippen MR) is 121 cm³/mol. The Kier molecular flexibility index (Phi) is 7.55. The molecule has 1 atom stereocenters. The van der Waals surface area contributed by atoms with Gasteiger partial charge in [-0.2, -0.15) is 4.98 Å². The Labute approximate surface area is 190 Å². The Morgan fingerprint density at radius 2 is 1.94 bits per heavy atom. The zero-order chi connectivity index (χ0) is 22.3. The lowest BCUT2D eigenvalue weighted by Gasteiger charge is -2.39. The number of nitrogens with zero attached hydrogens (tertiary/aromatic N) is 4. The lowest BCUT2D eigenvalue weighted by atomic mass is 9.85. The summed E-state index contributed by atoms with van der Waals surface area (Å²) in [5.41, 5.74) is 1.27. The average Bonchev–Trinajstić information content (AvgIpc) is 3.21. The molecule has 1 saturated heterocycles. The zero-order valence-corrected chi connectivity index (χ0v) is 19.0. The van der Waals surface area contributed by atoms with Crippen LogP contribution in [-0.2, 0) is 22.4 Å². The second-order valence-electron chi connectivity index (χ2n) is 9.11. The molecule has 0 spiro atoms. The Morgan fingerprint density at radius 1 is 1.12 bits per heavy atom. The summed E-state index contributed by atoms with van der Waals surface area (Å²) in [6.07, 6.45) is 8.21. The Morgan fingerprint density at radius 3 is 2.66 bits per heavy atom. The number of benzene rings is 1. The van der Waals surface area contributed by atoms with Crippen LogP contribution in [0, 0.1) is 0 Å². The number of amides is 2. The van der Waals surface area contributed by atoms with Crippen molar-refractivity contribution >= 4 is 11.8 Å². The lowest BCUT2D eigenvalue weighted by molar-refractivity contribution is -0.138. The monoisotopic (exact) mass is 438 g/mol. The number of hydrogen-bond donors (Lipinski definition) is 0. The fraction of sp³-hybridized carbons (Fsp3) is 0.600. The minimum atomic E-state index is 0.0380. The molecule has 172 valence electrons. The third kappa shape index (κ3) is 5.75. The third-order valence-corrected chi connectivity index (χ3v) is 6.81. The van der Waals surface area contributed by atoms with Gasteiger partial charge in [0, 0.05) is 51.4 Å². The number of carbonyl (C=O) groups excluding carboxylic acids is 2. The average molecular weight is 439 g/mol. The van der Waals surface area contributed by atoms with E-state index in [1.54, 1.807) is 6.92 Å². The van der Waals surface area contributed by atoms with Crippen molar-refractivity contribution in [3.63, 3.8) is 0 Å². The highest BCUT2D eigenvalue weighted by atomic mass is 16.5. The maximum absolute atomic E-state index is 12.8. The molecule has 32 heavy (non-hydrogen) atoms. The van der Waals surface area contributed by atoms with Gasteiger partial charge in [0.05, 0.1) is 0 Å². The van der Waals surface area contributed by atoms with E-state index >= 15 is 0 Å². The van der Waals surface area contributed by atoms with Gasteiger partial charge in [0.1, 0.15) is 0 Å². The number of likely N-dealkylation sites (tertiary alicyclic amines) is 1. The summed E-state index contributed by atoms with van der Waals surface area (Å²) >= 11 is 0. The normalized spacial score (nSPS) is 18.9. The minimum Gasteiger partial charge on any atom is -0.341 e. The van der Waals surface area contributed by atoms with E-state index < -0.39 is 0 Å². The molecule has 1 aromatic heterocycles. The highest BCUT2D eigenvalue weighted by Gasteiger charge is 2.30. The molecule has 2 fully saturated rings. The topological polar surface area (TPSA) is 79.5 Å². The lowest BCUT2D eigenvalue weighted by Crippen LogP contribution is -2.51. The fourth-order valence-corrected chi connectivity index (χ4v) is 4.69. The van der Waals surface area contributed by atoms with Crippen molar-refractivity contribution in [3.05, 3.63) is 47.6 Å². The number of carbonyl (C=O) groups is 2. The fourth-order valence-electron chi connectivity index (χ4n) is 4.69. The van der Waals surface area contributed by atoms with Crippen LogP contribution in [0.1, 0.15) is 75.1 Å². The molecule has 1 unspecified atom stereocenters. The summed E-state index contributed by atoms with van der Waals surface area (Å²) in [6.45, 7) is 3.56. The molecular weight excluding hydrogens is 404 g/mol. The summed E-state index contributed by atoms with van der Waals surface area (Å²) in [5.74, 6) is 2.06. The van der Waals surface area contributed by atoms with E-state index in [0.717, 1.165) is 51.0 Å². The summed E-state index contributed by atoms with van der Waals surface area (Å²) in [7, 11) is 0. The minimum absolute atomic E-state index is 0.0380. The Hall–Kier alpha value is -2.70. The largest absolute Gasteiger partial charge is 0.341 e. The first-order valence-corrected chi connectivity index (χ1v) is 12.0. The van der Waals surface area contributed by atoms with Crippen LogP contribution in [0.25, 0.3) is 0 Å². The molecular formula is C25H34N4O3. The van der Waals surface area contributed by atoms with Crippen LogP contribution in [0.4, 0.5) is 0 Å². The van der Waals surface area contributed by atoms with Crippen molar-refractivity contribution in [1.29, 1.82) is 0 Å². The Bertz CT molecular complexity index is 894. The molecule has 4 rings (SSSR count). The van der Waals surface area contributed by atoms with E-state index in [9.17, 15) is 9.59 Å².